The van der Waals surface area contributed by atoms with Gasteiger partial charge < -0.3 is 5.73 Å². The lowest BCUT2D eigenvalue weighted by molar-refractivity contribution is 0.664. The minimum Gasteiger partial charge on any atom is -0.321 e. The van der Waals surface area contributed by atoms with Gasteiger partial charge in [-0.2, -0.15) is 10.4 Å². The summed E-state index contributed by atoms with van der Waals surface area (Å²) in [4.78, 5) is 3.91. The zero-order valence-corrected chi connectivity index (χ0v) is 6.23. The highest BCUT2D eigenvalue weighted by molar-refractivity contribution is 4.88. The van der Waals surface area contributed by atoms with Crippen LogP contribution in [0.3, 0.4) is 0 Å². The van der Waals surface area contributed by atoms with Gasteiger partial charge in [0.1, 0.15) is 12.9 Å². The summed E-state index contributed by atoms with van der Waals surface area (Å²) in [6.07, 6.45) is 1.50. The van der Waals surface area contributed by atoms with E-state index in [0.29, 0.717) is 5.82 Å². The van der Waals surface area contributed by atoms with Crippen molar-refractivity contribution in [3.8, 4) is 6.07 Å². The number of nitriles is 1. The molecule has 0 radical (unpaired) electrons. The number of nitrogens with two attached hydrogens (primary N) is 1. The quantitative estimate of drug-likeness (QED) is 0.635. The second-order valence-electron chi connectivity index (χ2n) is 2.25. The van der Waals surface area contributed by atoms with Gasteiger partial charge in [-0.1, -0.05) is 0 Å². The largest absolute Gasteiger partial charge is 0.321 e. The maximum Gasteiger partial charge on any atom is 0.166 e. The van der Waals surface area contributed by atoms with Crippen molar-refractivity contribution in [2.45, 2.75) is 19.5 Å². The summed E-state index contributed by atoms with van der Waals surface area (Å²) in [5, 5.41) is 12.3. The third-order valence-electron chi connectivity index (χ3n) is 1.19. The van der Waals surface area contributed by atoms with E-state index in [9.17, 15) is 0 Å². The van der Waals surface area contributed by atoms with Gasteiger partial charge in [0.2, 0.25) is 0 Å². The van der Waals surface area contributed by atoms with Gasteiger partial charge in [0.05, 0.1) is 12.1 Å². The van der Waals surface area contributed by atoms with Crippen molar-refractivity contribution in [3.63, 3.8) is 0 Å². The van der Waals surface area contributed by atoms with E-state index in [1.54, 1.807) is 6.92 Å². The lowest BCUT2D eigenvalue weighted by atomic mass is 10.4. The van der Waals surface area contributed by atoms with E-state index in [1.165, 1.54) is 11.0 Å². The van der Waals surface area contributed by atoms with Crippen LogP contribution in [0.2, 0.25) is 0 Å². The molecule has 0 amide bonds. The molecule has 11 heavy (non-hydrogen) atoms. The molecule has 0 aliphatic rings. The van der Waals surface area contributed by atoms with Crippen LogP contribution < -0.4 is 5.73 Å². The van der Waals surface area contributed by atoms with Crippen molar-refractivity contribution in [1.29, 1.82) is 5.26 Å². The van der Waals surface area contributed by atoms with Crippen LogP contribution in [0.1, 0.15) is 18.8 Å². The highest BCUT2D eigenvalue weighted by Gasteiger charge is 2.03. The first-order chi connectivity index (χ1) is 5.24. The lowest BCUT2D eigenvalue weighted by Crippen LogP contribution is -2.08. The molecule has 1 heterocycles. The van der Waals surface area contributed by atoms with E-state index < -0.39 is 0 Å². The van der Waals surface area contributed by atoms with Crippen molar-refractivity contribution < 1.29 is 0 Å². The molecule has 0 fully saturated rings. The number of nitrogens with zero attached hydrogens (tertiary/aromatic N) is 4. The third-order valence-corrected chi connectivity index (χ3v) is 1.19. The minimum atomic E-state index is -0.171. The van der Waals surface area contributed by atoms with Crippen LogP contribution in [-0.4, -0.2) is 14.8 Å². The Labute approximate surface area is 64.5 Å². The summed E-state index contributed by atoms with van der Waals surface area (Å²) in [5.74, 6) is 0.570. The summed E-state index contributed by atoms with van der Waals surface area (Å²) < 4.78 is 1.46. The molecule has 5 nitrogen and oxygen atoms in total. The topological polar surface area (TPSA) is 80.5 Å². The smallest absolute Gasteiger partial charge is 0.166 e. The van der Waals surface area contributed by atoms with Crippen LogP contribution in [0.15, 0.2) is 6.33 Å². The van der Waals surface area contributed by atoms with Gasteiger partial charge in [-0.3, -0.25) is 0 Å². The SMILES string of the molecule is CC(N)c1ncn(CC#N)n1. The van der Waals surface area contributed by atoms with Gasteiger partial charge in [0.15, 0.2) is 5.82 Å². The normalized spacial score (nSPS) is 12.5. The van der Waals surface area contributed by atoms with Crippen molar-refractivity contribution in [1.82, 2.24) is 14.8 Å². The van der Waals surface area contributed by atoms with Gasteiger partial charge in [0.25, 0.3) is 0 Å². The molecule has 1 unspecified atom stereocenters. The van der Waals surface area contributed by atoms with E-state index >= 15 is 0 Å². The van der Waals surface area contributed by atoms with Gasteiger partial charge in [-0.25, -0.2) is 9.67 Å². The van der Waals surface area contributed by atoms with Crippen molar-refractivity contribution in [2.75, 3.05) is 0 Å². The molecule has 1 aromatic rings. The van der Waals surface area contributed by atoms with E-state index in [1.807, 2.05) is 6.07 Å². The molecule has 0 bridgehead atoms. The monoisotopic (exact) mass is 151 g/mol. The number of rotatable bonds is 2. The van der Waals surface area contributed by atoms with Gasteiger partial charge >= 0.3 is 0 Å². The predicted molar refractivity (Wildman–Crippen MR) is 38.2 cm³/mol. The first-order valence-electron chi connectivity index (χ1n) is 3.26. The van der Waals surface area contributed by atoms with Crippen LogP contribution in [0.25, 0.3) is 0 Å². The maximum absolute atomic E-state index is 8.30. The first kappa shape index (κ1) is 7.69. The summed E-state index contributed by atoms with van der Waals surface area (Å²) in [6.45, 7) is 2.02. The Bertz CT molecular complexity index is 269. The molecule has 0 saturated heterocycles. The minimum absolute atomic E-state index is 0.171. The Morgan fingerprint density at radius 2 is 2.64 bits per heavy atom. The fraction of sp³-hybridized carbons (Fsp3) is 0.500. The Balaban J connectivity index is 2.75. The molecule has 0 saturated carbocycles. The van der Waals surface area contributed by atoms with Crippen molar-refractivity contribution in [3.05, 3.63) is 12.2 Å². The van der Waals surface area contributed by atoms with Crippen LogP contribution in [-0.2, 0) is 6.54 Å². The average molecular weight is 151 g/mol. The van der Waals surface area contributed by atoms with E-state index in [2.05, 4.69) is 10.1 Å². The summed E-state index contributed by atoms with van der Waals surface area (Å²) in [6, 6.07) is 1.78. The second-order valence-corrected chi connectivity index (χ2v) is 2.25. The Kier molecular flexibility index (Phi) is 2.18. The Morgan fingerprint density at radius 3 is 3.09 bits per heavy atom. The van der Waals surface area contributed by atoms with Crippen LogP contribution in [0.4, 0.5) is 0 Å². The highest BCUT2D eigenvalue weighted by atomic mass is 15.3. The molecular formula is C6H9N5. The van der Waals surface area contributed by atoms with Gasteiger partial charge in [0, 0.05) is 0 Å². The van der Waals surface area contributed by atoms with Crippen LogP contribution in [0.5, 0.6) is 0 Å². The number of hydrogen-bond donors (Lipinski definition) is 1. The van der Waals surface area contributed by atoms with Crippen LogP contribution >= 0.6 is 0 Å². The molecule has 58 valence electrons. The third kappa shape index (κ3) is 1.75. The molecule has 1 rings (SSSR count). The molecular weight excluding hydrogens is 142 g/mol. The van der Waals surface area contributed by atoms with E-state index in [0.717, 1.165) is 0 Å². The Hall–Kier alpha value is -1.41. The highest BCUT2D eigenvalue weighted by Crippen LogP contribution is 1.99. The fourth-order valence-corrected chi connectivity index (χ4v) is 0.666. The van der Waals surface area contributed by atoms with Crippen molar-refractivity contribution >= 4 is 0 Å². The molecule has 2 N–H and O–H groups in total. The molecule has 0 aliphatic carbocycles. The lowest BCUT2D eigenvalue weighted by Gasteiger charge is -1.95. The van der Waals surface area contributed by atoms with Crippen molar-refractivity contribution in [2.24, 2.45) is 5.73 Å². The molecule has 5 heteroatoms. The second kappa shape index (κ2) is 3.12. The zero-order valence-electron chi connectivity index (χ0n) is 6.23. The summed E-state index contributed by atoms with van der Waals surface area (Å²) >= 11 is 0. The van der Waals surface area contributed by atoms with Crippen LogP contribution in [0, 0.1) is 11.3 Å². The molecule has 0 aliphatic heterocycles. The first-order valence-corrected chi connectivity index (χ1v) is 3.26. The fourth-order valence-electron chi connectivity index (χ4n) is 0.666. The van der Waals surface area contributed by atoms with Gasteiger partial charge in [-0.15, -0.1) is 0 Å². The van der Waals surface area contributed by atoms with E-state index in [-0.39, 0.29) is 12.6 Å². The zero-order chi connectivity index (χ0) is 8.27. The Morgan fingerprint density at radius 1 is 1.91 bits per heavy atom. The molecule has 1 atom stereocenters. The maximum atomic E-state index is 8.30. The number of aromatic nitrogens is 3. The predicted octanol–water partition coefficient (Wildman–Crippen LogP) is -0.179. The van der Waals surface area contributed by atoms with E-state index in [4.69, 9.17) is 11.0 Å². The average Bonchev–Trinajstić information content (AvgIpc) is 2.37. The number of hydrogen-bond acceptors (Lipinski definition) is 4. The summed E-state index contributed by atoms with van der Waals surface area (Å²) in [7, 11) is 0. The van der Waals surface area contributed by atoms with Gasteiger partial charge in [-0.05, 0) is 6.92 Å². The molecule has 1 aromatic heterocycles. The standard InChI is InChI=1S/C6H9N5/c1-5(8)6-9-4-11(10-6)3-2-7/h4-5H,3,8H2,1H3. The molecule has 0 spiro atoms. The molecule has 0 aromatic carbocycles. The summed E-state index contributed by atoms with van der Waals surface area (Å²) in [5.41, 5.74) is 5.50.